The summed E-state index contributed by atoms with van der Waals surface area (Å²) in [6, 6.07) is 0. The fourth-order valence-corrected chi connectivity index (χ4v) is 6.45. The summed E-state index contributed by atoms with van der Waals surface area (Å²) in [6.45, 7) is 2.33. The van der Waals surface area contributed by atoms with E-state index in [1.165, 1.54) is 70.6 Å². The predicted molar refractivity (Wildman–Crippen MR) is 219 cm³/mol. The Balaban J connectivity index is 4.34. The standard InChI is InChI=1S/C43H79O10P/c1-3-5-7-9-11-13-15-17-19-21-23-25-27-29-31-33-35-43(47)53-41(39-52-54(48,49)51-37-40(45)36-44)38-50-42(46)34-32-30-28-26-24-22-20-18-16-14-12-10-8-6-4-2/h12,14,17-20,40-41,44-45H,3-11,13,15-16,21-39H2,1-2H3,(H,48,49)/b14-12-,19-17-,20-18-/t40-,41+/m0/s1. The van der Waals surface area contributed by atoms with Gasteiger partial charge in [-0.2, -0.15) is 0 Å². The number of phosphoric acid groups is 1. The Morgan fingerprint density at radius 3 is 1.48 bits per heavy atom. The third-order valence-electron chi connectivity index (χ3n) is 9.02. The van der Waals surface area contributed by atoms with E-state index in [9.17, 15) is 24.2 Å². The number of hydrogen-bond acceptors (Lipinski definition) is 9. The van der Waals surface area contributed by atoms with Crippen LogP contribution < -0.4 is 0 Å². The lowest BCUT2D eigenvalue weighted by molar-refractivity contribution is -0.161. The van der Waals surface area contributed by atoms with E-state index >= 15 is 0 Å². The summed E-state index contributed by atoms with van der Waals surface area (Å²) in [5.74, 6) is -0.946. The first-order chi connectivity index (χ1) is 26.2. The molecule has 0 rings (SSSR count). The van der Waals surface area contributed by atoms with E-state index in [2.05, 4.69) is 54.8 Å². The average molecular weight is 787 g/mol. The van der Waals surface area contributed by atoms with Crippen LogP contribution in [0.3, 0.4) is 0 Å². The van der Waals surface area contributed by atoms with Crippen molar-refractivity contribution in [1.82, 2.24) is 0 Å². The largest absolute Gasteiger partial charge is 0.472 e. The molecule has 10 nitrogen and oxygen atoms in total. The molecule has 0 aromatic rings. The molecule has 0 spiro atoms. The van der Waals surface area contributed by atoms with E-state index < -0.39 is 51.8 Å². The molecule has 316 valence electrons. The number of unbranched alkanes of at least 4 members (excludes halogenated alkanes) is 20. The van der Waals surface area contributed by atoms with E-state index in [0.29, 0.717) is 12.8 Å². The molecule has 0 amide bonds. The summed E-state index contributed by atoms with van der Waals surface area (Å²) in [6.07, 6.45) is 39.6. The number of ether oxygens (including phenoxy) is 2. The molecule has 3 N–H and O–H groups in total. The fraction of sp³-hybridized carbons (Fsp3) is 0.814. The minimum Gasteiger partial charge on any atom is -0.462 e. The van der Waals surface area contributed by atoms with E-state index in [4.69, 9.17) is 19.1 Å². The highest BCUT2D eigenvalue weighted by atomic mass is 31.2. The zero-order valence-corrected chi connectivity index (χ0v) is 35.1. The second-order valence-corrected chi connectivity index (χ2v) is 15.8. The summed E-state index contributed by atoms with van der Waals surface area (Å²) >= 11 is 0. The highest BCUT2D eigenvalue weighted by Crippen LogP contribution is 2.43. The van der Waals surface area contributed by atoms with E-state index in [1.54, 1.807) is 0 Å². The SMILES string of the molecule is CCCCC/C=C\C/C=C\CCCCCCCC(=O)OC[C@H](COP(=O)(O)OC[C@@H](O)CO)OC(=O)CCCCCCCC/C=C\CCCCCCCC. The van der Waals surface area contributed by atoms with Crippen LogP contribution in [0, 0.1) is 0 Å². The number of allylic oxidation sites excluding steroid dienone is 6. The van der Waals surface area contributed by atoms with Gasteiger partial charge in [-0.25, -0.2) is 4.57 Å². The Morgan fingerprint density at radius 1 is 0.556 bits per heavy atom. The number of carbonyl (C=O) groups is 2. The minimum atomic E-state index is -4.62. The molecule has 1 unspecified atom stereocenters. The lowest BCUT2D eigenvalue weighted by Crippen LogP contribution is -2.29. The zero-order chi connectivity index (χ0) is 39.8. The summed E-state index contributed by atoms with van der Waals surface area (Å²) in [5.41, 5.74) is 0. The van der Waals surface area contributed by atoms with Crippen molar-refractivity contribution < 1.29 is 47.8 Å². The van der Waals surface area contributed by atoms with Crippen LogP contribution in [0.25, 0.3) is 0 Å². The molecule has 0 bridgehead atoms. The van der Waals surface area contributed by atoms with E-state index in [0.717, 1.165) is 77.0 Å². The van der Waals surface area contributed by atoms with Gasteiger partial charge in [0.05, 0.1) is 19.8 Å². The van der Waals surface area contributed by atoms with Crippen molar-refractivity contribution in [3.05, 3.63) is 36.5 Å². The summed E-state index contributed by atoms with van der Waals surface area (Å²) in [5, 5.41) is 18.3. The van der Waals surface area contributed by atoms with Crippen LogP contribution in [-0.2, 0) is 32.7 Å². The first-order valence-electron chi connectivity index (χ1n) is 21.4. The van der Waals surface area contributed by atoms with Crippen LogP contribution in [0.15, 0.2) is 36.5 Å². The van der Waals surface area contributed by atoms with Gasteiger partial charge in [0.1, 0.15) is 12.7 Å². The van der Waals surface area contributed by atoms with Gasteiger partial charge < -0.3 is 24.6 Å². The van der Waals surface area contributed by atoms with Crippen molar-refractivity contribution >= 4 is 19.8 Å². The van der Waals surface area contributed by atoms with Gasteiger partial charge in [0.15, 0.2) is 6.10 Å². The highest BCUT2D eigenvalue weighted by Gasteiger charge is 2.27. The van der Waals surface area contributed by atoms with Gasteiger partial charge in [-0.1, -0.05) is 140 Å². The number of aliphatic hydroxyl groups excluding tert-OH is 2. The summed E-state index contributed by atoms with van der Waals surface area (Å²) in [7, 11) is -4.62. The zero-order valence-electron chi connectivity index (χ0n) is 34.2. The van der Waals surface area contributed by atoms with Crippen molar-refractivity contribution in [3.63, 3.8) is 0 Å². The molecule has 0 aliphatic heterocycles. The Kier molecular flexibility index (Phi) is 38.1. The Morgan fingerprint density at radius 2 is 0.963 bits per heavy atom. The number of carbonyl (C=O) groups excluding carboxylic acids is 2. The number of hydrogen-bond donors (Lipinski definition) is 3. The van der Waals surface area contributed by atoms with Crippen molar-refractivity contribution in [2.45, 2.75) is 199 Å². The smallest absolute Gasteiger partial charge is 0.462 e. The summed E-state index contributed by atoms with van der Waals surface area (Å²) < 4.78 is 32.7. The van der Waals surface area contributed by atoms with Crippen LogP contribution in [0.1, 0.15) is 187 Å². The van der Waals surface area contributed by atoms with Crippen LogP contribution in [0.2, 0.25) is 0 Å². The normalized spacial score (nSPS) is 14.2. The molecule has 3 atom stereocenters. The van der Waals surface area contributed by atoms with Gasteiger partial charge in [-0.15, -0.1) is 0 Å². The Hall–Kier alpha value is -1.81. The molecular formula is C43H79O10P. The predicted octanol–water partition coefficient (Wildman–Crippen LogP) is 11.2. The van der Waals surface area contributed by atoms with Gasteiger partial charge in [0, 0.05) is 12.8 Å². The molecule has 0 fully saturated rings. The van der Waals surface area contributed by atoms with Crippen molar-refractivity contribution in [3.8, 4) is 0 Å². The van der Waals surface area contributed by atoms with Gasteiger partial charge >= 0.3 is 19.8 Å². The molecule has 0 aromatic heterocycles. The second kappa shape index (κ2) is 39.4. The Labute approximate surface area is 329 Å². The minimum absolute atomic E-state index is 0.174. The molecule has 0 aromatic carbocycles. The van der Waals surface area contributed by atoms with Crippen LogP contribution >= 0.6 is 7.82 Å². The average Bonchev–Trinajstić information content (AvgIpc) is 3.16. The lowest BCUT2D eigenvalue weighted by atomic mass is 10.1. The van der Waals surface area contributed by atoms with Crippen LogP contribution in [-0.4, -0.2) is 65.7 Å². The van der Waals surface area contributed by atoms with Crippen molar-refractivity contribution in [1.29, 1.82) is 0 Å². The molecule has 0 aliphatic rings. The first kappa shape index (κ1) is 52.2. The first-order valence-corrected chi connectivity index (χ1v) is 22.9. The highest BCUT2D eigenvalue weighted by molar-refractivity contribution is 7.47. The third kappa shape index (κ3) is 38.5. The lowest BCUT2D eigenvalue weighted by Gasteiger charge is -2.20. The maximum Gasteiger partial charge on any atom is 0.472 e. The fourth-order valence-electron chi connectivity index (χ4n) is 5.66. The van der Waals surface area contributed by atoms with Crippen molar-refractivity contribution in [2.24, 2.45) is 0 Å². The molecule has 0 heterocycles. The van der Waals surface area contributed by atoms with Gasteiger partial charge in [0.25, 0.3) is 0 Å². The molecule has 11 heteroatoms. The van der Waals surface area contributed by atoms with Crippen LogP contribution in [0.5, 0.6) is 0 Å². The summed E-state index contributed by atoms with van der Waals surface area (Å²) in [4.78, 5) is 35.0. The molecular weight excluding hydrogens is 707 g/mol. The quantitative estimate of drug-likeness (QED) is 0.0237. The molecule has 0 aliphatic carbocycles. The van der Waals surface area contributed by atoms with Gasteiger partial charge in [-0.05, 0) is 70.6 Å². The van der Waals surface area contributed by atoms with E-state index in [1.807, 2.05) is 0 Å². The monoisotopic (exact) mass is 787 g/mol. The molecule has 0 saturated carbocycles. The van der Waals surface area contributed by atoms with Gasteiger partial charge in [0.2, 0.25) is 0 Å². The second-order valence-electron chi connectivity index (χ2n) is 14.4. The van der Waals surface area contributed by atoms with E-state index in [-0.39, 0.29) is 19.4 Å². The number of aliphatic hydroxyl groups is 2. The Bertz CT molecular complexity index is 999. The number of phosphoric ester groups is 1. The maximum atomic E-state index is 12.6. The number of esters is 2. The molecule has 54 heavy (non-hydrogen) atoms. The topological polar surface area (TPSA) is 149 Å². The maximum absolute atomic E-state index is 12.6. The molecule has 0 saturated heterocycles. The number of rotatable bonds is 40. The van der Waals surface area contributed by atoms with Gasteiger partial charge in [-0.3, -0.25) is 18.6 Å². The third-order valence-corrected chi connectivity index (χ3v) is 9.97. The van der Waals surface area contributed by atoms with Crippen molar-refractivity contribution in [2.75, 3.05) is 26.4 Å². The van der Waals surface area contributed by atoms with Crippen LogP contribution in [0.4, 0.5) is 0 Å². The molecule has 0 radical (unpaired) electrons.